The fourth-order valence-electron chi connectivity index (χ4n) is 3.13. The summed E-state index contributed by atoms with van der Waals surface area (Å²) in [6.45, 7) is 8.15. The Labute approximate surface area is 160 Å². The van der Waals surface area contributed by atoms with Gasteiger partial charge in [0.1, 0.15) is 5.75 Å². The number of carbonyl (C=O) groups is 1. The SMILES string of the molecule is CC(C)Oc1cccc(CN2CCN(C(=O)c3ccc(Cl)cc3)CC2)c1. The van der Waals surface area contributed by atoms with E-state index in [1.807, 2.05) is 30.9 Å². The van der Waals surface area contributed by atoms with Crippen molar-refractivity contribution < 1.29 is 9.53 Å². The first-order chi connectivity index (χ1) is 12.5. The number of ether oxygens (including phenoxy) is 1. The summed E-state index contributed by atoms with van der Waals surface area (Å²) in [5.74, 6) is 0.989. The maximum absolute atomic E-state index is 12.6. The number of rotatable bonds is 5. The number of benzene rings is 2. The minimum absolute atomic E-state index is 0.0775. The Balaban J connectivity index is 1.54. The molecule has 2 aromatic rings. The molecule has 3 rings (SSSR count). The van der Waals surface area contributed by atoms with Crippen molar-refractivity contribution in [3.63, 3.8) is 0 Å². The van der Waals surface area contributed by atoms with Gasteiger partial charge < -0.3 is 9.64 Å². The molecule has 0 radical (unpaired) electrons. The molecule has 5 heteroatoms. The molecule has 26 heavy (non-hydrogen) atoms. The molecule has 0 N–H and O–H groups in total. The van der Waals surface area contributed by atoms with Gasteiger partial charge in [-0.3, -0.25) is 9.69 Å². The molecule has 0 atom stereocenters. The molecule has 1 amide bonds. The van der Waals surface area contributed by atoms with Crippen molar-refractivity contribution in [2.45, 2.75) is 26.5 Å². The zero-order valence-corrected chi connectivity index (χ0v) is 16.1. The number of hydrogen-bond donors (Lipinski definition) is 0. The van der Waals surface area contributed by atoms with Crippen molar-refractivity contribution in [1.29, 1.82) is 0 Å². The highest BCUT2D eigenvalue weighted by atomic mass is 35.5. The molecule has 0 unspecified atom stereocenters. The highest BCUT2D eigenvalue weighted by Gasteiger charge is 2.22. The second-order valence-corrected chi connectivity index (χ2v) is 7.33. The molecule has 1 heterocycles. The number of halogens is 1. The Morgan fingerprint density at radius 2 is 1.77 bits per heavy atom. The van der Waals surface area contributed by atoms with Gasteiger partial charge in [0, 0.05) is 43.3 Å². The smallest absolute Gasteiger partial charge is 0.253 e. The zero-order chi connectivity index (χ0) is 18.5. The number of amides is 1. The van der Waals surface area contributed by atoms with Crippen LogP contribution in [0.3, 0.4) is 0 Å². The van der Waals surface area contributed by atoms with Crippen LogP contribution in [0.5, 0.6) is 5.75 Å². The third-order valence-electron chi connectivity index (χ3n) is 4.43. The second kappa shape index (κ2) is 8.56. The Morgan fingerprint density at radius 3 is 2.42 bits per heavy atom. The van der Waals surface area contributed by atoms with Crippen molar-refractivity contribution in [2.75, 3.05) is 26.2 Å². The molecule has 2 aromatic carbocycles. The summed E-state index contributed by atoms with van der Waals surface area (Å²) in [6, 6.07) is 15.4. The number of piperazine rings is 1. The Morgan fingerprint density at radius 1 is 1.08 bits per heavy atom. The van der Waals surface area contributed by atoms with Crippen LogP contribution < -0.4 is 4.74 Å². The largest absolute Gasteiger partial charge is 0.491 e. The Bertz CT molecular complexity index is 738. The van der Waals surface area contributed by atoms with Gasteiger partial charge in [-0.1, -0.05) is 23.7 Å². The first kappa shape index (κ1) is 18.7. The minimum atomic E-state index is 0.0775. The summed E-state index contributed by atoms with van der Waals surface area (Å²) in [5.41, 5.74) is 1.93. The van der Waals surface area contributed by atoms with Crippen LogP contribution in [0.15, 0.2) is 48.5 Å². The van der Waals surface area contributed by atoms with Crippen molar-refractivity contribution in [3.05, 3.63) is 64.7 Å². The van der Waals surface area contributed by atoms with Crippen LogP contribution in [0.25, 0.3) is 0 Å². The topological polar surface area (TPSA) is 32.8 Å². The van der Waals surface area contributed by atoms with Crippen molar-refractivity contribution in [1.82, 2.24) is 9.80 Å². The molecule has 0 aliphatic carbocycles. The highest BCUT2D eigenvalue weighted by molar-refractivity contribution is 6.30. The highest BCUT2D eigenvalue weighted by Crippen LogP contribution is 2.18. The standard InChI is InChI=1S/C21H25ClN2O2/c1-16(2)26-20-5-3-4-17(14-20)15-23-10-12-24(13-11-23)21(25)18-6-8-19(22)9-7-18/h3-9,14,16H,10-13,15H2,1-2H3. The van der Waals surface area contributed by atoms with E-state index in [-0.39, 0.29) is 12.0 Å². The molecule has 0 saturated carbocycles. The summed E-state index contributed by atoms with van der Waals surface area (Å²) >= 11 is 5.90. The molecule has 1 aliphatic heterocycles. The molecule has 0 spiro atoms. The number of hydrogen-bond acceptors (Lipinski definition) is 3. The molecular formula is C21H25ClN2O2. The maximum Gasteiger partial charge on any atom is 0.253 e. The maximum atomic E-state index is 12.6. The molecule has 1 aliphatic rings. The zero-order valence-electron chi connectivity index (χ0n) is 15.3. The van der Waals surface area contributed by atoms with E-state index in [0.29, 0.717) is 10.6 Å². The van der Waals surface area contributed by atoms with Crippen LogP contribution in [0.2, 0.25) is 5.02 Å². The second-order valence-electron chi connectivity index (χ2n) is 6.89. The van der Waals surface area contributed by atoms with Gasteiger partial charge >= 0.3 is 0 Å². The molecule has 0 bridgehead atoms. The van der Waals surface area contributed by atoms with Crippen LogP contribution in [-0.2, 0) is 6.54 Å². The lowest BCUT2D eigenvalue weighted by Gasteiger charge is -2.34. The van der Waals surface area contributed by atoms with Gasteiger partial charge in [0.2, 0.25) is 0 Å². The third-order valence-corrected chi connectivity index (χ3v) is 4.68. The van der Waals surface area contributed by atoms with Crippen molar-refractivity contribution in [3.8, 4) is 5.75 Å². The normalized spacial score (nSPS) is 15.3. The summed E-state index contributed by atoms with van der Waals surface area (Å²) in [7, 11) is 0. The first-order valence-electron chi connectivity index (χ1n) is 9.04. The predicted molar refractivity (Wildman–Crippen MR) is 105 cm³/mol. The van der Waals surface area contributed by atoms with E-state index in [1.54, 1.807) is 24.3 Å². The average Bonchev–Trinajstić information content (AvgIpc) is 2.62. The average molecular weight is 373 g/mol. The van der Waals surface area contributed by atoms with Gasteiger partial charge in [-0.05, 0) is 55.8 Å². The molecule has 4 nitrogen and oxygen atoms in total. The van der Waals surface area contributed by atoms with Crippen molar-refractivity contribution in [2.24, 2.45) is 0 Å². The summed E-state index contributed by atoms with van der Waals surface area (Å²) in [5, 5.41) is 0.648. The molecule has 0 aromatic heterocycles. The summed E-state index contributed by atoms with van der Waals surface area (Å²) in [6.07, 6.45) is 0.174. The predicted octanol–water partition coefficient (Wildman–Crippen LogP) is 4.09. The lowest BCUT2D eigenvalue weighted by atomic mass is 10.1. The lowest BCUT2D eigenvalue weighted by Crippen LogP contribution is -2.48. The van der Waals surface area contributed by atoms with Gasteiger partial charge in [-0.25, -0.2) is 0 Å². The van der Waals surface area contributed by atoms with Gasteiger partial charge in [0.15, 0.2) is 0 Å². The van der Waals surface area contributed by atoms with E-state index < -0.39 is 0 Å². The fourth-order valence-corrected chi connectivity index (χ4v) is 3.26. The summed E-state index contributed by atoms with van der Waals surface area (Å²) < 4.78 is 5.77. The van der Waals surface area contributed by atoms with Crippen molar-refractivity contribution >= 4 is 17.5 Å². The van der Waals surface area contributed by atoms with E-state index in [0.717, 1.165) is 38.5 Å². The Hall–Kier alpha value is -2.04. The molecule has 1 fully saturated rings. The van der Waals surface area contributed by atoms with Gasteiger partial charge in [-0.15, -0.1) is 0 Å². The molecule has 1 saturated heterocycles. The molecular weight excluding hydrogens is 348 g/mol. The van der Waals surface area contributed by atoms with Crippen LogP contribution in [0, 0.1) is 0 Å². The fraction of sp³-hybridized carbons (Fsp3) is 0.381. The third kappa shape index (κ3) is 4.99. The number of carbonyl (C=O) groups excluding carboxylic acids is 1. The molecule has 138 valence electrons. The van der Waals surface area contributed by atoms with Crippen LogP contribution >= 0.6 is 11.6 Å². The number of nitrogens with zero attached hydrogens (tertiary/aromatic N) is 2. The first-order valence-corrected chi connectivity index (χ1v) is 9.42. The lowest BCUT2D eigenvalue weighted by molar-refractivity contribution is 0.0628. The van der Waals surface area contributed by atoms with E-state index in [4.69, 9.17) is 16.3 Å². The van der Waals surface area contributed by atoms with Crippen LogP contribution in [-0.4, -0.2) is 48.0 Å². The minimum Gasteiger partial charge on any atom is -0.491 e. The van der Waals surface area contributed by atoms with Gasteiger partial charge in [0.05, 0.1) is 6.10 Å². The van der Waals surface area contributed by atoms with E-state index in [2.05, 4.69) is 17.0 Å². The van der Waals surface area contributed by atoms with E-state index in [1.165, 1.54) is 5.56 Å². The summed E-state index contributed by atoms with van der Waals surface area (Å²) in [4.78, 5) is 16.9. The van der Waals surface area contributed by atoms with E-state index >= 15 is 0 Å². The monoisotopic (exact) mass is 372 g/mol. The quantitative estimate of drug-likeness (QED) is 0.792. The van der Waals surface area contributed by atoms with Gasteiger partial charge in [0.25, 0.3) is 5.91 Å². The van der Waals surface area contributed by atoms with Crippen LogP contribution in [0.4, 0.5) is 0 Å². The van der Waals surface area contributed by atoms with Gasteiger partial charge in [-0.2, -0.15) is 0 Å². The Kier molecular flexibility index (Phi) is 6.17. The van der Waals surface area contributed by atoms with E-state index in [9.17, 15) is 4.79 Å². The van der Waals surface area contributed by atoms with Crippen LogP contribution in [0.1, 0.15) is 29.8 Å².